The third-order valence-electron chi connectivity index (χ3n) is 4.17. The van der Waals surface area contributed by atoms with Crippen molar-refractivity contribution in [2.75, 3.05) is 6.61 Å². The standard InChI is InChI=1S/C11H13IO4/c1-4(13)15-3-7-5-2-6-8(7)11(14)16-10(6)9(5)12/h5-10H,2-3H2,1H3/t5-,6+,7+,8+,9+,10-/m1/s1. The fourth-order valence-electron chi connectivity index (χ4n) is 3.56. The van der Waals surface area contributed by atoms with E-state index < -0.39 is 0 Å². The quantitative estimate of drug-likeness (QED) is 0.431. The summed E-state index contributed by atoms with van der Waals surface area (Å²) >= 11 is 2.38. The molecule has 1 saturated heterocycles. The van der Waals surface area contributed by atoms with Gasteiger partial charge in [0.2, 0.25) is 0 Å². The van der Waals surface area contributed by atoms with Gasteiger partial charge in [-0.3, -0.25) is 9.59 Å². The van der Waals surface area contributed by atoms with Crippen molar-refractivity contribution in [2.24, 2.45) is 23.7 Å². The van der Waals surface area contributed by atoms with E-state index in [4.69, 9.17) is 9.47 Å². The SMILES string of the molecule is CC(=O)OC[C@H]1[C@H]2C[C@@H]3[C@@H](OC(=O)[C@@H]31)[C@H]2I. The van der Waals surface area contributed by atoms with Gasteiger partial charge in [-0.1, -0.05) is 22.6 Å². The number of fused-ring (bicyclic) bond motifs is 1. The van der Waals surface area contributed by atoms with E-state index in [-0.39, 0.29) is 29.9 Å². The van der Waals surface area contributed by atoms with E-state index in [9.17, 15) is 9.59 Å². The van der Waals surface area contributed by atoms with E-state index in [1.807, 2.05) is 0 Å². The summed E-state index contributed by atoms with van der Waals surface area (Å²) in [6.45, 7) is 1.78. The summed E-state index contributed by atoms with van der Waals surface area (Å²) < 4.78 is 10.9. The van der Waals surface area contributed by atoms with Gasteiger partial charge in [0.05, 0.1) is 16.4 Å². The zero-order valence-electron chi connectivity index (χ0n) is 8.89. The number of carbonyl (C=O) groups is 2. The van der Waals surface area contributed by atoms with Crippen LogP contribution in [0.4, 0.5) is 0 Å². The van der Waals surface area contributed by atoms with Crippen LogP contribution in [-0.4, -0.2) is 28.6 Å². The maximum absolute atomic E-state index is 11.7. The molecular weight excluding hydrogens is 323 g/mol. The molecule has 0 radical (unpaired) electrons. The first-order valence-electron chi connectivity index (χ1n) is 5.57. The first-order valence-corrected chi connectivity index (χ1v) is 6.82. The van der Waals surface area contributed by atoms with Crippen molar-refractivity contribution in [2.45, 2.75) is 23.4 Å². The highest BCUT2D eigenvalue weighted by Crippen LogP contribution is 2.59. The Morgan fingerprint density at radius 3 is 3.00 bits per heavy atom. The van der Waals surface area contributed by atoms with Crippen LogP contribution in [0.15, 0.2) is 0 Å². The Bertz CT molecular complexity index is 356. The minimum Gasteiger partial charge on any atom is -0.466 e. The Morgan fingerprint density at radius 2 is 2.31 bits per heavy atom. The summed E-state index contributed by atoms with van der Waals surface area (Å²) in [5, 5.41) is 0. The molecule has 2 bridgehead atoms. The normalized spacial score (nSPS) is 48.2. The van der Waals surface area contributed by atoms with Crippen LogP contribution in [0.1, 0.15) is 13.3 Å². The van der Waals surface area contributed by atoms with Crippen LogP contribution in [0.2, 0.25) is 0 Å². The Labute approximate surface area is 107 Å². The van der Waals surface area contributed by atoms with Gasteiger partial charge in [0, 0.05) is 18.8 Å². The van der Waals surface area contributed by atoms with Crippen LogP contribution >= 0.6 is 22.6 Å². The van der Waals surface area contributed by atoms with Crippen LogP contribution in [0, 0.1) is 23.7 Å². The molecule has 0 unspecified atom stereocenters. The number of halogens is 1. The van der Waals surface area contributed by atoms with Crippen molar-refractivity contribution in [3.8, 4) is 0 Å². The van der Waals surface area contributed by atoms with E-state index in [1.54, 1.807) is 0 Å². The number of esters is 2. The van der Waals surface area contributed by atoms with E-state index >= 15 is 0 Å². The first kappa shape index (κ1) is 10.8. The number of ether oxygens (including phenoxy) is 2. The summed E-state index contributed by atoms with van der Waals surface area (Å²) in [5.41, 5.74) is 0. The minimum atomic E-state index is -0.268. The molecule has 2 aliphatic carbocycles. The summed E-state index contributed by atoms with van der Waals surface area (Å²) in [6, 6.07) is 0. The van der Waals surface area contributed by atoms with Crippen molar-refractivity contribution in [3.05, 3.63) is 0 Å². The Morgan fingerprint density at radius 1 is 1.56 bits per heavy atom. The lowest BCUT2D eigenvalue weighted by molar-refractivity contribution is -0.148. The smallest absolute Gasteiger partial charge is 0.310 e. The van der Waals surface area contributed by atoms with Gasteiger partial charge in [-0.05, 0) is 12.3 Å². The topological polar surface area (TPSA) is 52.6 Å². The molecule has 6 atom stereocenters. The van der Waals surface area contributed by atoms with Gasteiger partial charge >= 0.3 is 11.9 Å². The van der Waals surface area contributed by atoms with Crippen LogP contribution < -0.4 is 0 Å². The summed E-state index contributed by atoms with van der Waals surface area (Å²) in [6.07, 6.45) is 1.18. The van der Waals surface area contributed by atoms with Crippen LogP contribution in [-0.2, 0) is 19.1 Å². The van der Waals surface area contributed by atoms with Crippen LogP contribution in [0.3, 0.4) is 0 Å². The highest BCUT2D eigenvalue weighted by Gasteiger charge is 2.65. The van der Waals surface area contributed by atoms with Crippen molar-refractivity contribution in [3.63, 3.8) is 0 Å². The van der Waals surface area contributed by atoms with E-state index in [1.165, 1.54) is 6.92 Å². The van der Waals surface area contributed by atoms with Gasteiger partial charge in [0.15, 0.2) is 0 Å². The molecule has 0 aromatic rings. The molecule has 2 saturated carbocycles. The van der Waals surface area contributed by atoms with Crippen molar-refractivity contribution in [1.82, 2.24) is 0 Å². The Kier molecular flexibility index (Phi) is 2.42. The number of alkyl halides is 1. The van der Waals surface area contributed by atoms with Crippen LogP contribution in [0.5, 0.6) is 0 Å². The number of rotatable bonds is 2. The molecule has 1 aliphatic heterocycles. The van der Waals surface area contributed by atoms with Gasteiger partial charge < -0.3 is 9.47 Å². The average molecular weight is 336 g/mol. The average Bonchev–Trinajstić information content (AvgIpc) is 2.79. The van der Waals surface area contributed by atoms with Crippen LogP contribution in [0.25, 0.3) is 0 Å². The lowest BCUT2D eigenvalue weighted by Gasteiger charge is -2.27. The second-order valence-corrected chi connectivity index (χ2v) is 6.34. The molecule has 0 aromatic heterocycles. The second-order valence-electron chi connectivity index (χ2n) is 4.90. The molecule has 3 fully saturated rings. The van der Waals surface area contributed by atoms with Gasteiger partial charge in [-0.2, -0.15) is 0 Å². The third-order valence-corrected chi connectivity index (χ3v) is 5.80. The largest absolute Gasteiger partial charge is 0.466 e. The molecule has 0 spiro atoms. The lowest BCUT2D eigenvalue weighted by atomic mass is 9.80. The molecule has 88 valence electrons. The Hall–Kier alpha value is -0.330. The Balaban J connectivity index is 1.80. The highest BCUT2D eigenvalue weighted by atomic mass is 127. The zero-order valence-corrected chi connectivity index (χ0v) is 11.0. The number of hydrogen-bond acceptors (Lipinski definition) is 4. The fourth-order valence-corrected chi connectivity index (χ4v) is 5.07. The fraction of sp³-hybridized carbons (Fsp3) is 0.818. The summed E-state index contributed by atoms with van der Waals surface area (Å²) in [7, 11) is 0. The summed E-state index contributed by atoms with van der Waals surface area (Å²) in [4.78, 5) is 22.6. The minimum absolute atomic E-state index is 0.0136. The molecule has 5 heteroatoms. The maximum Gasteiger partial charge on any atom is 0.310 e. The van der Waals surface area contributed by atoms with Crippen molar-refractivity contribution < 1.29 is 19.1 Å². The zero-order chi connectivity index (χ0) is 11.4. The molecule has 16 heavy (non-hydrogen) atoms. The van der Waals surface area contributed by atoms with E-state index in [0.29, 0.717) is 22.4 Å². The lowest BCUT2D eigenvalue weighted by Crippen LogP contribution is -2.36. The highest BCUT2D eigenvalue weighted by molar-refractivity contribution is 14.1. The monoisotopic (exact) mass is 336 g/mol. The molecule has 0 amide bonds. The molecule has 3 rings (SSSR count). The van der Waals surface area contributed by atoms with Gasteiger partial charge in [-0.25, -0.2) is 0 Å². The van der Waals surface area contributed by atoms with Gasteiger partial charge in [0.1, 0.15) is 6.10 Å². The maximum atomic E-state index is 11.7. The van der Waals surface area contributed by atoms with Crippen molar-refractivity contribution >= 4 is 34.5 Å². The molecule has 4 nitrogen and oxygen atoms in total. The molecular formula is C11H13IO4. The first-order chi connectivity index (χ1) is 7.59. The molecule has 3 aliphatic rings. The van der Waals surface area contributed by atoms with Gasteiger partial charge in [-0.15, -0.1) is 0 Å². The van der Waals surface area contributed by atoms with E-state index in [2.05, 4.69) is 22.6 Å². The predicted molar refractivity (Wildman–Crippen MR) is 62.9 cm³/mol. The number of carbonyl (C=O) groups excluding carboxylic acids is 2. The van der Waals surface area contributed by atoms with E-state index in [0.717, 1.165) is 6.42 Å². The third kappa shape index (κ3) is 1.33. The summed E-state index contributed by atoms with van der Waals surface area (Å²) in [5.74, 6) is 0.679. The molecule has 0 aromatic carbocycles. The van der Waals surface area contributed by atoms with Gasteiger partial charge in [0.25, 0.3) is 0 Å². The number of hydrogen-bond donors (Lipinski definition) is 0. The molecule has 1 heterocycles. The second kappa shape index (κ2) is 3.58. The predicted octanol–water partition coefficient (Wildman–Crippen LogP) is 1.16. The van der Waals surface area contributed by atoms with Crippen molar-refractivity contribution in [1.29, 1.82) is 0 Å². The molecule has 0 N–H and O–H groups in total.